The molecule has 1 fully saturated rings. The molecule has 1 atom stereocenters. The number of hydrogen-bond donors (Lipinski definition) is 1. The van der Waals surface area contributed by atoms with Crippen LogP contribution in [0.3, 0.4) is 0 Å². The standard InChI is InChI=1S/C22H25ClN2O2/c1-27-21-10-3-2-9-19(21)20(25-13-4-5-14-25)16-24-22(26)12-11-17-7-6-8-18(23)15-17/h2-3,6-12,15,20H,4-5,13-14,16H2,1H3,(H,24,26)/b12-11+. The Balaban J connectivity index is 1.68. The van der Waals surface area contributed by atoms with Crippen molar-refractivity contribution < 1.29 is 9.53 Å². The summed E-state index contributed by atoms with van der Waals surface area (Å²) in [7, 11) is 1.69. The Morgan fingerprint density at radius 1 is 1.22 bits per heavy atom. The van der Waals surface area contributed by atoms with E-state index in [1.807, 2.05) is 42.5 Å². The number of likely N-dealkylation sites (tertiary alicyclic amines) is 1. The Kier molecular flexibility index (Phi) is 6.91. The molecular weight excluding hydrogens is 360 g/mol. The van der Waals surface area contributed by atoms with Crippen LogP contribution in [0.15, 0.2) is 54.6 Å². The first-order valence-corrected chi connectivity index (χ1v) is 9.63. The summed E-state index contributed by atoms with van der Waals surface area (Å²) >= 11 is 5.98. The molecule has 142 valence electrons. The molecule has 1 N–H and O–H groups in total. The molecule has 27 heavy (non-hydrogen) atoms. The van der Waals surface area contributed by atoms with E-state index in [0.717, 1.165) is 30.0 Å². The lowest BCUT2D eigenvalue weighted by atomic mass is 10.0. The first-order valence-electron chi connectivity index (χ1n) is 9.26. The van der Waals surface area contributed by atoms with Crippen molar-refractivity contribution in [1.29, 1.82) is 0 Å². The lowest BCUT2D eigenvalue weighted by Gasteiger charge is -2.29. The molecule has 4 nitrogen and oxygen atoms in total. The number of rotatable bonds is 7. The van der Waals surface area contributed by atoms with Crippen molar-refractivity contribution in [2.45, 2.75) is 18.9 Å². The van der Waals surface area contributed by atoms with E-state index in [1.54, 1.807) is 19.3 Å². The molecule has 1 heterocycles. The zero-order valence-electron chi connectivity index (χ0n) is 15.5. The number of para-hydroxylation sites is 1. The highest BCUT2D eigenvalue weighted by molar-refractivity contribution is 6.30. The fourth-order valence-corrected chi connectivity index (χ4v) is 3.67. The van der Waals surface area contributed by atoms with E-state index in [0.29, 0.717) is 11.6 Å². The molecule has 0 bridgehead atoms. The second-order valence-corrected chi connectivity index (χ2v) is 7.07. The summed E-state index contributed by atoms with van der Waals surface area (Å²) in [5.41, 5.74) is 2.01. The summed E-state index contributed by atoms with van der Waals surface area (Å²) in [5.74, 6) is 0.743. The van der Waals surface area contributed by atoms with Crippen molar-refractivity contribution in [2.24, 2.45) is 0 Å². The predicted octanol–water partition coefficient (Wildman–Crippen LogP) is 4.32. The van der Waals surface area contributed by atoms with Gasteiger partial charge in [-0.15, -0.1) is 0 Å². The number of halogens is 1. The fraction of sp³-hybridized carbons (Fsp3) is 0.318. The number of nitrogens with zero attached hydrogens (tertiary/aromatic N) is 1. The van der Waals surface area contributed by atoms with Gasteiger partial charge in [-0.2, -0.15) is 0 Å². The maximum atomic E-state index is 12.3. The van der Waals surface area contributed by atoms with Crippen LogP contribution in [0.4, 0.5) is 0 Å². The van der Waals surface area contributed by atoms with Crippen LogP contribution < -0.4 is 10.1 Å². The van der Waals surface area contributed by atoms with Crippen LogP contribution in [0.1, 0.15) is 30.0 Å². The molecule has 3 rings (SSSR count). The largest absolute Gasteiger partial charge is 0.496 e. The molecule has 0 radical (unpaired) electrons. The lowest BCUT2D eigenvalue weighted by Crippen LogP contribution is -2.36. The van der Waals surface area contributed by atoms with Crippen LogP contribution in [0, 0.1) is 0 Å². The van der Waals surface area contributed by atoms with Crippen LogP contribution >= 0.6 is 11.6 Å². The van der Waals surface area contributed by atoms with Gasteiger partial charge in [0.15, 0.2) is 0 Å². The van der Waals surface area contributed by atoms with Gasteiger partial charge in [0.25, 0.3) is 0 Å². The Labute approximate surface area is 165 Å². The molecule has 0 spiro atoms. The Morgan fingerprint density at radius 2 is 2.00 bits per heavy atom. The number of benzene rings is 2. The van der Waals surface area contributed by atoms with Gasteiger partial charge in [-0.3, -0.25) is 9.69 Å². The summed E-state index contributed by atoms with van der Waals surface area (Å²) in [4.78, 5) is 14.7. The zero-order chi connectivity index (χ0) is 19.1. The molecule has 0 aliphatic carbocycles. The molecule has 1 saturated heterocycles. The van der Waals surface area contributed by atoms with Crippen LogP contribution in [0.25, 0.3) is 6.08 Å². The molecule has 1 unspecified atom stereocenters. The first-order chi connectivity index (χ1) is 13.2. The van der Waals surface area contributed by atoms with E-state index < -0.39 is 0 Å². The van der Waals surface area contributed by atoms with Crippen molar-refractivity contribution in [2.75, 3.05) is 26.7 Å². The summed E-state index contributed by atoms with van der Waals surface area (Å²) in [6.45, 7) is 2.62. The van der Waals surface area contributed by atoms with Crippen molar-refractivity contribution >= 4 is 23.6 Å². The minimum absolute atomic E-state index is 0.104. The van der Waals surface area contributed by atoms with Gasteiger partial charge >= 0.3 is 0 Å². The van der Waals surface area contributed by atoms with Crippen LogP contribution in [-0.4, -0.2) is 37.6 Å². The number of amides is 1. The average molecular weight is 385 g/mol. The maximum absolute atomic E-state index is 12.3. The number of carbonyl (C=O) groups excluding carboxylic acids is 1. The highest BCUT2D eigenvalue weighted by atomic mass is 35.5. The van der Waals surface area contributed by atoms with Gasteiger partial charge in [-0.1, -0.05) is 41.9 Å². The third-order valence-corrected chi connectivity index (χ3v) is 5.06. The van der Waals surface area contributed by atoms with E-state index in [4.69, 9.17) is 16.3 Å². The van der Waals surface area contributed by atoms with Gasteiger partial charge in [-0.05, 0) is 55.8 Å². The number of ether oxygens (including phenoxy) is 1. The van der Waals surface area contributed by atoms with Crippen LogP contribution in [0.2, 0.25) is 5.02 Å². The average Bonchev–Trinajstić information content (AvgIpc) is 3.21. The number of methoxy groups -OCH3 is 1. The number of nitrogens with one attached hydrogen (secondary N) is 1. The molecule has 2 aromatic carbocycles. The van der Waals surface area contributed by atoms with Gasteiger partial charge in [-0.25, -0.2) is 0 Å². The molecule has 0 aromatic heterocycles. The highest BCUT2D eigenvalue weighted by Gasteiger charge is 2.25. The minimum Gasteiger partial charge on any atom is -0.496 e. The quantitative estimate of drug-likeness (QED) is 0.723. The minimum atomic E-state index is -0.117. The van der Waals surface area contributed by atoms with Gasteiger partial charge < -0.3 is 10.1 Å². The van der Waals surface area contributed by atoms with E-state index in [1.165, 1.54) is 12.8 Å². The SMILES string of the molecule is COc1ccccc1C(CNC(=O)/C=C/c1cccc(Cl)c1)N1CCCC1. The van der Waals surface area contributed by atoms with E-state index in [-0.39, 0.29) is 11.9 Å². The van der Waals surface area contributed by atoms with E-state index >= 15 is 0 Å². The van der Waals surface area contributed by atoms with E-state index in [9.17, 15) is 4.79 Å². The van der Waals surface area contributed by atoms with Gasteiger partial charge in [0.1, 0.15) is 5.75 Å². The second-order valence-electron chi connectivity index (χ2n) is 6.63. The van der Waals surface area contributed by atoms with Gasteiger partial charge in [0, 0.05) is 23.2 Å². The Morgan fingerprint density at radius 3 is 2.74 bits per heavy atom. The highest BCUT2D eigenvalue weighted by Crippen LogP contribution is 2.31. The van der Waals surface area contributed by atoms with E-state index in [2.05, 4.69) is 16.3 Å². The lowest BCUT2D eigenvalue weighted by molar-refractivity contribution is -0.116. The number of hydrogen-bond acceptors (Lipinski definition) is 3. The predicted molar refractivity (Wildman–Crippen MR) is 110 cm³/mol. The normalized spacial score (nSPS) is 15.8. The third-order valence-electron chi connectivity index (χ3n) is 4.82. The Hall–Kier alpha value is -2.30. The summed E-state index contributed by atoms with van der Waals surface area (Å²) in [5, 5.41) is 3.69. The summed E-state index contributed by atoms with van der Waals surface area (Å²) in [6, 6.07) is 15.6. The zero-order valence-corrected chi connectivity index (χ0v) is 16.3. The molecule has 1 aliphatic rings. The fourth-order valence-electron chi connectivity index (χ4n) is 3.47. The van der Waals surface area contributed by atoms with Crippen molar-refractivity contribution in [1.82, 2.24) is 10.2 Å². The molecule has 1 aliphatic heterocycles. The maximum Gasteiger partial charge on any atom is 0.244 e. The van der Waals surface area contributed by atoms with Gasteiger partial charge in [0.05, 0.1) is 13.2 Å². The molecule has 1 amide bonds. The third kappa shape index (κ3) is 5.34. The van der Waals surface area contributed by atoms with Crippen LogP contribution in [0.5, 0.6) is 5.75 Å². The molecule has 5 heteroatoms. The summed E-state index contributed by atoms with van der Waals surface area (Å²) in [6.07, 6.45) is 5.70. The molecule has 0 saturated carbocycles. The van der Waals surface area contributed by atoms with Crippen molar-refractivity contribution in [3.63, 3.8) is 0 Å². The van der Waals surface area contributed by atoms with Crippen LogP contribution in [-0.2, 0) is 4.79 Å². The number of carbonyl (C=O) groups is 1. The van der Waals surface area contributed by atoms with Gasteiger partial charge in [0.2, 0.25) is 5.91 Å². The summed E-state index contributed by atoms with van der Waals surface area (Å²) < 4.78 is 5.54. The first kappa shape index (κ1) is 19.5. The second kappa shape index (κ2) is 9.58. The van der Waals surface area contributed by atoms with Crippen molar-refractivity contribution in [3.8, 4) is 5.75 Å². The topological polar surface area (TPSA) is 41.6 Å². The van der Waals surface area contributed by atoms with Crippen molar-refractivity contribution in [3.05, 3.63) is 70.8 Å². The molecular formula is C22H25ClN2O2. The molecule has 2 aromatic rings. The Bertz CT molecular complexity index is 800. The smallest absolute Gasteiger partial charge is 0.244 e. The monoisotopic (exact) mass is 384 g/mol.